The average Bonchev–Trinajstić information content (AvgIpc) is 2.36. The first-order valence-corrected chi connectivity index (χ1v) is 6.16. The van der Waals surface area contributed by atoms with Crippen LogP contribution in [0.3, 0.4) is 0 Å². The summed E-state index contributed by atoms with van der Waals surface area (Å²) in [5.74, 6) is 0.141. The molecule has 0 N–H and O–H groups in total. The van der Waals surface area contributed by atoms with Crippen LogP contribution in [-0.2, 0) is 6.61 Å². The molecule has 0 aliphatic heterocycles. The van der Waals surface area contributed by atoms with Crippen molar-refractivity contribution < 1.29 is 14.1 Å². The fraction of sp³-hybridized carbons (Fsp3) is 0.0769. The largest absolute Gasteiger partial charge is 0.489 e. The molecule has 0 aromatic heterocycles. The molecule has 0 saturated heterocycles. The number of nitro benzene ring substituents is 1. The molecule has 0 fully saturated rings. The molecule has 0 aliphatic rings. The minimum Gasteiger partial charge on any atom is -0.489 e. The van der Waals surface area contributed by atoms with E-state index in [2.05, 4.69) is 15.9 Å². The van der Waals surface area contributed by atoms with Crippen LogP contribution in [0.15, 0.2) is 46.9 Å². The molecule has 2 aromatic carbocycles. The molecule has 2 rings (SSSR count). The lowest BCUT2D eigenvalue weighted by Crippen LogP contribution is -1.96. The highest BCUT2D eigenvalue weighted by Crippen LogP contribution is 2.20. The highest BCUT2D eigenvalue weighted by Gasteiger charge is 2.05. The van der Waals surface area contributed by atoms with Crippen molar-refractivity contribution in [1.82, 2.24) is 0 Å². The molecular weight excluding hydrogens is 317 g/mol. The van der Waals surface area contributed by atoms with Gasteiger partial charge in [0.2, 0.25) is 0 Å². The molecule has 0 aliphatic carbocycles. The van der Waals surface area contributed by atoms with E-state index in [1.54, 1.807) is 6.07 Å². The lowest BCUT2D eigenvalue weighted by molar-refractivity contribution is -0.384. The van der Waals surface area contributed by atoms with Gasteiger partial charge in [-0.1, -0.05) is 15.9 Å². The van der Waals surface area contributed by atoms with Crippen LogP contribution < -0.4 is 4.74 Å². The van der Waals surface area contributed by atoms with Gasteiger partial charge in [-0.15, -0.1) is 0 Å². The Morgan fingerprint density at radius 3 is 2.47 bits per heavy atom. The number of nitrogens with zero attached hydrogens (tertiary/aromatic N) is 1. The summed E-state index contributed by atoms with van der Waals surface area (Å²) in [4.78, 5) is 10.0. The van der Waals surface area contributed by atoms with Gasteiger partial charge in [0.1, 0.15) is 18.2 Å². The summed E-state index contributed by atoms with van der Waals surface area (Å²) in [6.07, 6.45) is 0. The monoisotopic (exact) mass is 325 g/mol. The van der Waals surface area contributed by atoms with E-state index in [1.165, 1.54) is 36.4 Å². The fourth-order valence-electron chi connectivity index (χ4n) is 1.53. The van der Waals surface area contributed by atoms with E-state index in [9.17, 15) is 14.5 Å². The summed E-state index contributed by atoms with van der Waals surface area (Å²) in [7, 11) is 0. The summed E-state index contributed by atoms with van der Waals surface area (Å²) in [6, 6.07) is 10.2. The van der Waals surface area contributed by atoms with Crippen LogP contribution in [0.5, 0.6) is 5.75 Å². The standard InChI is InChI=1S/C13H9BrFNO3/c14-10-5-9(6-11(15)7-10)8-19-13-3-1-12(2-4-13)16(17)18/h1-7H,8H2. The third-order valence-corrected chi connectivity index (χ3v) is 2.83. The Labute approximate surface area is 117 Å². The summed E-state index contributed by atoms with van der Waals surface area (Å²) in [5.41, 5.74) is 0.672. The lowest BCUT2D eigenvalue weighted by Gasteiger charge is -2.06. The van der Waals surface area contributed by atoms with Crippen LogP contribution in [0, 0.1) is 15.9 Å². The second-order valence-electron chi connectivity index (χ2n) is 3.82. The van der Waals surface area contributed by atoms with E-state index in [-0.39, 0.29) is 18.1 Å². The van der Waals surface area contributed by atoms with Crippen molar-refractivity contribution in [3.8, 4) is 5.75 Å². The van der Waals surface area contributed by atoms with Gasteiger partial charge in [0.15, 0.2) is 0 Å². The summed E-state index contributed by atoms with van der Waals surface area (Å²) in [5, 5.41) is 10.5. The zero-order valence-corrected chi connectivity index (χ0v) is 11.3. The number of nitro groups is 1. The molecular formula is C13H9BrFNO3. The lowest BCUT2D eigenvalue weighted by atomic mass is 10.2. The Morgan fingerprint density at radius 2 is 1.89 bits per heavy atom. The van der Waals surface area contributed by atoms with Gasteiger partial charge >= 0.3 is 0 Å². The number of benzene rings is 2. The molecule has 0 atom stereocenters. The van der Waals surface area contributed by atoms with Crippen molar-refractivity contribution in [2.75, 3.05) is 0 Å². The summed E-state index contributed by atoms with van der Waals surface area (Å²) in [6.45, 7) is 0.189. The molecule has 0 saturated carbocycles. The first kappa shape index (κ1) is 13.5. The van der Waals surface area contributed by atoms with Crippen LogP contribution in [0.2, 0.25) is 0 Å². The van der Waals surface area contributed by atoms with Gasteiger partial charge in [-0.25, -0.2) is 4.39 Å². The van der Waals surface area contributed by atoms with Crippen LogP contribution in [0.1, 0.15) is 5.56 Å². The van der Waals surface area contributed by atoms with Crippen molar-refractivity contribution in [3.05, 3.63) is 68.4 Å². The zero-order valence-electron chi connectivity index (χ0n) is 9.68. The Balaban J connectivity index is 2.03. The van der Waals surface area contributed by atoms with Crippen LogP contribution in [0.25, 0.3) is 0 Å². The van der Waals surface area contributed by atoms with Crippen molar-refractivity contribution >= 4 is 21.6 Å². The highest BCUT2D eigenvalue weighted by molar-refractivity contribution is 9.10. The van der Waals surface area contributed by atoms with Crippen LogP contribution >= 0.6 is 15.9 Å². The highest BCUT2D eigenvalue weighted by atomic mass is 79.9. The van der Waals surface area contributed by atoms with Gasteiger partial charge in [0.25, 0.3) is 5.69 Å². The first-order chi connectivity index (χ1) is 9.04. The Bertz CT molecular complexity index is 581. The zero-order chi connectivity index (χ0) is 13.8. The maximum atomic E-state index is 13.1. The van der Waals surface area contributed by atoms with Crippen molar-refractivity contribution in [2.45, 2.75) is 6.61 Å². The second kappa shape index (κ2) is 5.79. The van der Waals surface area contributed by atoms with Gasteiger partial charge < -0.3 is 4.74 Å². The molecule has 19 heavy (non-hydrogen) atoms. The second-order valence-corrected chi connectivity index (χ2v) is 4.73. The van der Waals surface area contributed by atoms with E-state index in [0.29, 0.717) is 15.8 Å². The van der Waals surface area contributed by atoms with E-state index >= 15 is 0 Å². The number of ether oxygens (including phenoxy) is 1. The third-order valence-electron chi connectivity index (χ3n) is 2.38. The SMILES string of the molecule is O=[N+]([O-])c1ccc(OCc2cc(F)cc(Br)c2)cc1. The number of rotatable bonds is 4. The van der Waals surface area contributed by atoms with Crippen LogP contribution in [0.4, 0.5) is 10.1 Å². The number of halogens is 2. The number of hydrogen-bond donors (Lipinski definition) is 0. The van der Waals surface area contributed by atoms with E-state index in [0.717, 1.165) is 0 Å². The maximum absolute atomic E-state index is 13.1. The molecule has 0 radical (unpaired) electrons. The predicted octanol–water partition coefficient (Wildman–Crippen LogP) is 4.08. The molecule has 0 bridgehead atoms. The minimum atomic E-state index is -0.479. The van der Waals surface area contributed by atoms with E-state index < -0.39 is 4.92 Å². The minimum absolute atomic E-state index is 0.000787. The fourth-order valence-corrected chi connectivity index (χ4v) is 2.04. The van der Waals surface area contributed by atoms with Crippen molar-refractivity contribution in [2.24, 2.45) is 0 Å². The third kappa shape index (κ3) is 3.75. The number of hydrogen-bond acceptors (Lipinski definition) is 3. The smallest absolute Gasteiger partial charge is 0.269 e. The van der Waals surface area contributed by atoms with E-state index in [4.69, 9.17) is 4.74 Å². The Hall–Kier alpha value is -1.95. The molecule has 4 nitrogen and oxygen atoms in total. The average molecular weight is 326 g/mol. The quantitative estimate of drug-likeness (QED) is 0.628. The van der Waals surface area contributed by atoms with Crippen molar-refractivity contribution in [3.63, 3.8) is 0 Å². The molecule has 0 unspecified atom stereocenters. The Kier molecular flexibility index (Phi) is 4.11. The molecule has 0 spiro atoms. The normalized spacial score (nSPS) is 10.2. The molecule has 2 aromatic rings. The molecule has 0 heterocycles. The summed E-state index contributed by atoms with van der Waals surface area (Å²) < 4.78 is 19.2. The Morgan fingerprint density at radius 1 is 1.21 bits per heavy atom. The van der Waals surface area contributed by atoms with Crippen LogP contribution in [-0.4, -0.2) is 4.92 Å². The topological polar surface area (TPSA) is 52.4 Å². The van der Waals surface area contributed by atoms with Gasteiger partial charge in [0, 0.05) is 16.6 Å². The van der Waals surface area contributed by atoms with Gasteiger partial charge in [-0.05, 0) is 35.9 Å². The van der Waals surface area contributed by atoms with Gasteiger partial charge in [0.05, 0.1) is 4.92 Å². The van der Waals surface area contributed by atoms with Gasteiger partial charge in [-0.3, -0.25) is 10.1 Å². The first-order valence-electron chi connectivity index (χ1n) is 5.37. The van der Waals surface area contributed by atoms with Crippen molar-refractivity contribution in [1.29, 1.82) is 0 Å². The maximum Gasteiger partial charge on any atom is 0.269 e. The molecule has 6 heteroatoms. The van der Waals surface area contributed by atoms with Gasteiger partial charge in [-0.2, -0.15) is 0 Å². The van der Waals surface area contributed by atoms with E-state index in [1.807, 2.05) is 0 Å². The molecule has 98 valence electrons. The number of non-ortho nitro benzene ring substituents is 1. The summed E-state index contributed by atoms with van der Waals surface area (Å²) >= 11 is 3.19. The molecule has 0 amide bonds. The predicted molar refractivity (Wildman–Crippen MR) is 71.5 cm³/mol.